The Morgan fingerprint density at radius 2 is 1.63 bits per heavy atom. The molecule has 2 aromatic carbocycles. The van der Waals surface area contributed by atoms with Crippen LogP contribution in [0.5, 0.6) is 5.75 Å². The third-order valence-electron chi connectivity index (χ3n) is 13.6. The van der Waals surface area contributed by atoms with E-state index in [1.165, 1.54) is 38.5 Å². The molecule has 4 bridgehead atoms. The summed E-state index contributed by atoms with van der Waals surface area (Å²) < 4.78 is 7.43. The average molecular weight is 728 g/mol. The molecular weight excluding hydrogens is 679 g/mol. The van der Waals surface area contributed by atoms with Gasteiger partial charge < -0.3 is 25.2 Å². The summed E-state index contributed by atoms with van der Waals surface area (Å²) in [5.74, 6) is 5.08. The predicted molar refractivity (Wildman–Crippen MR) is 208 cm³/mol. The standard InChI is InChI=1S/C43H49N7O4/c1-25-10-38(51)50(34-5-3-4-32(14-34)45-41(53)29-6-7-29)40-35(25)20-44-42(47-40)46-36-9-8-33(15-37(36)54-2)48-21-30-23-49(24-31(30)22-48)39(52)19-43-16-26-11-27(17-43)13-28(12-26)18-43/h3-5,8-10,14-15,20,26-31H,6-7,11-13,16-19,21-24H2,1-2H3,(H,45,53)(H,44,46,47). The van der Waals surface area contributed by atoms with Crippen LogP contribution in [-0.2, 0) is 9.59 Å². The van der Waals surface area contributed by atoms with Crippen LogP contribution >= 0.6 is 0 Å². The van der Waals surface area contributed by atoms with E-state index in [4.69, 9.17) is 9.72 Å². The van der Waals surface area contributed by atoms with Crippen LogP contribution < -0.4 is 25.8 Å². The van der Waals surface area contributed by atoms with Gasteiger partial charge >= 0.3 is 0 Å². The number of nitrogens with one attached hydrogen (secondary N) is 2. The summed E-state index contributed by atoms with van der Waals surface area (Å²) in [6.07, 6.45) is 12.4. The molecular formula is C43H49N7O4. The highest BCUT2D eigenvalue weighted by Gasteiger charge is 2.52. The van der Waals surface area contributed by atoms with Crippen LogP contribution in [0.3, 0.4) is 0 Å². The first-order valence-corrected chi connectivity index (χ1v) is 20.0. The minimum absolute atomic E-state index is 0.00941. The number of carbonyl (C=O) groups is 2. The van der Waals surface area contributed by atoms with Crippen LogP contribution in [0.2, 0.25) is 0 Å². The van der Waals surface area contributed by atoms with Gasteiger partial charge in [-0.2, -0.15) is 4.98 Å². The number of hydrogen-bond donors (Lipinski definition) is 2. The van der Waals surface area contributed by atoms with Gasteiger partial charge in [0, 0.05) is 85.4 Å². The van der Waals surface area contributed by atoms with Crippen molar-refractivity contribution in [1.29, 1.82) is 0 Å². The zero-order chi connectivity index (χ0) is 36.7. The molecule has 54 heavy (non-hydrogen) atoms. The number of benzene rings is 2. The van der Waals surface area contributed by atoms with E-state index >= 15 is 0 Å². The van der Waals surface area contributed by atoms with Crippen molar-refractivity contribution in [3.63, 3.8) is 0 Å². The molecule has 2 amide bonds. The Morgan fingerprint density at radius 3 is 2.31 bits per heavy atom. The zero-order valence-corrected chi connectivity index (χ0v) is 31.2. The number of nitrogens with zero attached hydrogens (tertiary/aromatic N) is 5. The van der Waals surface area contributed by atoms with Crippen LogP contribution in [0, 0.1) is 47.8 Å². The minimum atomic E-state index is -0.220. The minimum Gasteiger partial charge on any atom is -0.494 e. The van der Waals surface area contributed by atoms with Crippen molar-refractivity contribution in [2.75, 3.05) is 48.8 Å². The molecule has 4 heterocycles. The number of pyridine rings is 1. The molecule has 2 unspecified atom stereocenters. The topological polar surface area (TPSA) is 122 Å². The maximum atomic E-state index is 13.7. The number of carbonyl (C=O) groups excluding carboxylic acids is 2. The fourth-order valence-corrected chi connectivity index (χ4v) is 11.3. The molecule has 7 fully saturated rings. The second-order valence-corrected chi connectivity index (χ2v) is 17.6. The van der Waals surface area contributed by atoms with Gasteiger partial charge in [-0.15, -0.1) is 0 Å². The Bertz CT molecular complexity index is 2180. The van der Waals surface area contributed by atoms with E-state index < -0.39 is 0 Å². The Kier molecular flexibility index (Phi) is 8.00. The first kappa shape index (κ1) is 33.6. The molecule has 5 aliphatic carbocycles. The third-order valence-corrected chi connectivity index (χ3v) is 13.6. The zero-order valence-electron chi connectivity index (χ0n) is 31.2. The van der Waals surface area contributed by atoms with Crippen molar-refractivity contribution >= 4 is 45.9 Å². The molecule has 2 saturated heterocycles. The van der Waals surface area contributed by atoms with Crippen LogP contribution in [-0.4, -0.2) is 64.5 Å². The molecule has 0 radical (unpaired) electrons. The van der Waals surface area contributed by atoms with Crippen LogP contribution in [0.4, 0.5) is 23.0 Å². The van der Waals surface area contributed by atoms with Gasteiger partial charge in [-0.25, -0.2) is 4.98 Å². The van der Waals surface area contributed by atoms with Crippen molar-refractivity contribution in [1.82, 2.24) is 19.4 Å². The molecule has 280 valence electrons. The number of aryl methyl sites for hydroxylation is 1. The summed E-state index contributed by atoms with van der Waals surface area (Å²) in [7, 11) is 1.66. The second kappa shape index (κ2) is 12.8. The average Bonchev–Trinajstić information content (AvgIpc) is 3.80. The van der Waals surface area contributed by atoms with Gasteiger partial charge in [0.25, 0.3) is 5.56 Å². The highest BCUT2D eigenvalue weighted by Crippen LogP contribution is 2.61. The van der Waals surface area contributed by atoms with E-state index in [9.17, 15) is 14.4 Å². The fraction of sp³-hybridized carbons (Fsp3) is 0.512. The number of hydrogen-bond acceptors (Lipinski definition) is 8. The van der Waals surface area contributed by atoms with Gasteiger partial charge in [0.2, 0.25) is 17.8 Å². The lowest BCUT2D eigenvalue weighted by Crippen LogP contribution is -2.48. The molecule has 7 aliphatic rings. The molecule has 11 rings (SSSR count). The largest absolute Gasteiger partial charge is 0.494 e. The number of rotatable bonds is 9. The van der Waals surface area contributed by atoms with Gasteiger partial charge in [0.15, 0.2) is 5.65 Å². The predicted octanol–water partition coefficient (Wildman–Crippen LogP) is 6.69. The molecule has 5 saturated carbocycles. The first-order chi connectivity index (χ1) is 26.2. The third kappa shape index (κ3) is 6.09. The molecule has 2 N–H and O–H groups in total. The van der Waals surface area contributed by atoms with E-state index in [2.05, 4.69) is 37.6 Å². The Labute approximate surface area is 315 Å². The second-order valence-electron chi connectivity index (χ2n) is 17.6. The molecule has 11 heteroatoms. The monoisotopic (exact) mass is 727 g/mol. The van der Waals surface area contributed by atoms with Crippen LogP contribution in [0.15, 0.2) is 59.5 Å². The summed E-state index contributed by atoms with van der Waals surface area (Å²) in [4.78, 5) is 53.7. The number of anilines is 4. The van der Waals surface area contributed by atoms with Gasteiger partial charge in [0.1, 0.15) is 5.75 Å². The summed E-state index contributed by atoms with van der Waals surface area (Å²) in [6.45, 7) is 5.47. The number of aromatic nitrogens is 3. The summed E-state index contributed by atoms with van der Waals surface area (Å²) in [6, 6.07) is 15.0. The Morgan fingerprint density at radius 1 is 0.907 bits per heavy atom. The quantitative estimate of drug-likeness (QED) is 0.196. The lowest BCUT2D eigenvalue weighted by Gasteiger charge is -2.57. The molecule has 0 spiro atoms. The molecule has 11 nitrogen and oxygen atoms in total. The lowest BCUT2D eigenvalue weighted by molar-refractivity contribution is -0.138. The number of fused-ring (bicyclic) bond motifs is 2. The van der Waals surface area contributed by atoms with Gasteiger partial charge in [-0.1, -0.05) is 6.07 Å². The highest BCUT2D eigenvalue weighted by molar-refractivity contribution is 5.94. The van der Waals surface area contributed by atoms with Gasteiger partial charge in [-0.05, 0) is 117 Å². The van der Waals surface area contributed by atoms with Crippen molar-refractivity contribution in [2.24, 2.45) is 40.9 Å². The van der Waals surface area contributed by atoms with Crippen molar-refractivity contribution in [3.05, 3.63) is 70.6 Å². The van der Waals surface area contributed by atoms with E-state index in [0.717, 1.165) is 79.8 Å². The van der Waals surface area contributed by atoms with E-state index in [-0.39, 0.29) is 17.4 Å². The number of methoxy groups -OCH3 is 1. The Hall–Kier alpha value is -4.93. The first-order valence-electron chi connectivity index (χ1n) is 20.0. The molecule has 2 aromatic heterocycles. The summed E-state index contributed by atoms with van der Waals surface area (Å²) >= 11 is 0. The molecule has 2 aliphatic heterocycles. The Balaban J connectivity index is 0.833. The van der Waals surface area contributed by atoms with Crippen LogP contribution in [0.25, 0.3) is 16.7 Å². The van der Waals surface area contributed by atoms with E-state index in [0.29, 0.717) is 57.6 Å². The molecule has 4 aromatic rings. The van der Waals surface area contributed by atoms with Gasteiger partial charge in [-0.3, -0.25) is 19.0 Å². The smallest absolute Gasteiger partial charge is 0.257 e. The van der Waals surface area contributed by atoms with Gasteiger partial charge in [0.05, 0.1) is 18.5 Å². The number of ether oxygens (including phenoxy) is 1. The lowest BCUT2D eigenvalue weighted by atomic mass is 9.49. The van der Waals surface area contributed by atoms with E-state index in [1.807, 2.05) is 31.2 Å². The van der Waals surface area contributed by atoms with Crippen LogP contribution in [0.1, 0.15) is 63.4 Å². The highest BCUT2D eigenvalue weighted by atomic mass is 16.5. The normalized spacial score (nSPS) is 28.1. The SMILES string of the molecule is COc1cc(N2CC3CN(C(=O)CC45CC6CC(CC(C6)C4)C5)CC3C2)ccc1Nc1ncc2c(C)cc(=O)n(-c3cccc(NC(=O)C4CC4)c3)c2n1. The fourth-order valence-electron chi connectivity index (χ4n) is 11.3. The molecule has 2 atom stereocenters. The van der Waals surface area contributed by atoms with Crippen molar-refractivity contribution < 1.29 is 14.3 Å². The maximum Gasteiger partial charge on any atom is 0.257 e. The number of likely N-dealkylation sites (tertiary alicyclic amines) is 1. The van der Waals surface area contributed by atoms with E-state index in [1.54, 1.807) is 30.0 Å². The number of amides is 2. The van der Waals surface area contributed by atoms with Crippen molar-refractivity contribution in [3.8, 4) is 11.4 Å². The van der Waals surface area contributed by atoms with Crippen molar-refractivity contribution in [2.45, 2.75) is 64.7 Å². The summed E-state index contributed by atoms with van der Waals surface area (Å²) in [5.41, 5.74) is 4.38. The maximum absolute atomic E-state index is 13.7. The summed E-state index contributed by atoms with van der Waals surface area (Å²) in [5, 5.41) is 7.07.